The third-order valence-electron chi connectivity index (χ3n) is 5.13. The molecule has 26 heavy (non-hydrogen) atoms. The van der Waals surface area contributed by atoms with Crippen molar-refractivity contribution < 1.29 is 9.59 Å². The van der Waals surface area contributed by atoms with Gasteiger partial charge in [0.1, 0.15) is 0 Å². The minimum absolute atomic E-state index is 0.0864. The molecule has 1 N–H and O–H groups in total. The Morgan fingerprint density at radius 2 is 1.69 bits per heavy atom. The maximum Gasteiger partial charge on any atom is 0.321 e. The zero-order valence-corrected chi connectivity index (χ0v) is 15.7. The summed E-state index contributed by atoms with van der Waals surface area (Å²) in [6, 6.07) is 11.3. The summed E-state index contributed by atoms with van der Waals surface area (Å²) in [6.07, 6.45) is 0. The quantitative estimate of drug-likeness (QED) is 0.859. The number of urea groups is 1. The van der Waals surface area contributed by atoms with Gasteiger partial charge in [-0.05, 0) is 32.0 Å². The lowest BCUT2D eigenvalue weighted by molar-refractivity contribution is 0.0883. The molecule has 1 aliphatic rings. The van der Waals surface area contributed by atoms with Crippen molar-refractivity contribution in [1.29, 1.82) is 0 Å². The van der Waals surface area contributed by atoms with Crippen LogP contribution < -0.4 is 5.32 Å². The smallest absolute Gasteiger partial charge is 0.321 e. The average molecular weight is 354 g/mol. The number of carbonyl (C=O) groups is 2. The van der Waals surface area contributed by atoms with Crippen molar-refractivity contribution in [3.05, 3.63) is 53.3 Å². The molecule has 1 aromatic carbocycles. The van der Waals surface area contributed by atoms with Gasteiger partial charge in [0.05, 0.1) is 6.54 Å². The monoisotopic (exact) mass is 354 g/mol. The largest absolute Gasteiger partial charge is 0.351 e. The third-order valence-corrected chi connectivity index (χ3v) is 5.13. The lowest BCUT2D eigenvalue weighted by atomic mass is 10.1. The van der Waals surface area contributed by atoms with E-state index in [4.69, 9.17) is 0 Å². The van der Waals surface area contributed by atoms with Gasteiger partial charge in [-0.2, -0.15) is 0 Å². The number of aryl methyl sites for hydroxylation is 1. The number of hydrogen-bond donors (Lipinski definition) is 1. The van der Waals surface area contributed by atoms with Crippen LogP contribution in [0.15, 0.2) is 36.4 Å². The molecule has 0 unspecified atom stereocenters. The Morgan fingerprint density at radius 3 is 2.27 bits per heavy atom. The van der Waals surface area contributed by atoms with Crippen LogP contribution in [0.5, 0.6) is 0 Å². The number of rotatable bonds is 4. The number of amides is 2. The summed E-state index contributed by atoms with van der Waals surface area (Å²) in [5.41, 5.74) is 3.70. The number of aromatic nitrogens is 1. The molecule has 0 atom stereocenters. The number of ketones is 1. The molecular weight excluding hydrogens is 328 g/mol. The van der Waals surface area contributed by atoms with Crippen molar-refractivity contribution in [2.75, 3.05) is 38.0 Å². The molecule has 1 aliphatic heterocycles. The molecular formula is C20H26N4O2. The molecule has 0 radical (unpaired) electrons. The summed E-state index contributed by atoms with van der Waals surface area (Å²) < 4.78 is 2.04. The highest BCUT2D eigenvalue weighted by Crippen LogP contribution is 2.15. The van der Waals surface area contributed by atoms with Crippen molar-refractivity contribution in [2.24, 2.45) is 7.05 Å². The fourth-order valence-electron chi connectivity index (χ4n) is 3.26. The van der Waals surface area contributed by atoms with Gasteiger partial charge in [-0.3, -0.25) is 9.69 Å². The van der Waals surface area contributed by atoms with Crippen LogP contribution in [-0.4, -0.2) is 58.9 Å². The standard InChI is InChI=1S/C20H26N4O2/c1-15-13-18(16(2)22(15)3)19(25)14-23-9-11-24(12-10-23)20(26)21-17-7-5-4-6-8-17/h4-8,13H,9-12,14H2,1-3H3,(H,21,26). The number of benzene rings is 1. The Hall–Kier alpha value is -2.60. The van der Waals surface area contributed by atoms with E-state index in [0.717, 1.165) is 22.6 Å². The van der Waals surface area contributed by atoms with Gasteiger partial charge in [0.15, 0.2) is 5.78 Å². The van der Waals surface area contributed by atoms with Crippen LogP contribution >= 0.6 is 0 Å². The Labute approximate surface area is 154 Å². The van der Waals surface area contributed by atoms with Crippen LogP contribution in [-0.2, 0) is 7.05 Å². The van der Waals surface area contributed by atoms with Crippen LogP contribution in [0.4, 0.5) is 10.5 Å². The molecule has 0 bridgehead atoms. The van der Waals surface area contributed by atoms with Gasteiger partial charge in [-0.1, -0.05) is 18.2 Å². The molecule has 6 heteroatoms. The number of nitrogens with zero attached hydrogens (tertiary/aromatic N) is 3. The molecule has 0 spiro atoms. The van der Waals surface area contributed by atoms with E-state index in [2.05, 4.69) is 10.2 Å². The zero-order valence-electron chi connectivity index (χ0n) is 15.7. The Bertz CT molecular complexity index is 790. The molecule has 0 saturated carbocycles. The van der Waals surface area contributed by atoms with Gasteiger partial charge < -0.3 is 14.8 Å². The van der Waals surface area contributed by atoms with Gasteiger partial charge in [0, 0.05) is 55.9 Å². The van der Waals surface area contributed by atoms with E-state index in [0.29, 0.717) is 32.7 Å². The topological polar surface area (TPSA) is 57.6 Å². The highest BCUT2D eigenvalue weighted by atomic mass is 16.2. The molecule has 2 amide bonds. The number of nitrogens with one attached hydrogen (secondary N) is 1. The lowest BCUT2D eigenvalue weighted by Gasteiger charge is -2.34. The second-order valence-electron chi connectivity index (χ2n) is 6.83. The molecule has 138 valence electrons. The van der Waals surface area contributed by atoms with Crippen LogP contribution in [0.1, 0.15) is 21.7 Å². The Balaban J connectivity index is 1.51. The molecule has 0 aliphatic carbocycles. The number of anilines is 1. The van der Waals surface area contributed by atoms with E-state index < -0.39 is 0 Å². The van der Waals surface area contributed by atoms with E-state index in [1.807, 2.05) is 61.9 Å². The van der Waals surface area contributed by atoms with Gasteiger partial charge in [-0.25, -0.2) is 4.79 Å². The minimum atomic E-state index is -0.0864. The molecule has 6 nitrogen and oxygen atoms in total. The molecule has 1 aromatic heterocycles. The molecule has 1 fully saturated rings. The Kier molecular flexibility index (Phi) is 5.42. The van der Waals surface area contributed by atoms with Gasteiger partial charge >= 0.3 is 6.03 Å². The molecule has 2 heterocycles. The molecule has 2 aromatic rings. The van der Waals surface area contributed by atoms with Gasteiger partial charge in [0.2, 0.25) is 0 Å². The van der Waals surface area contributed by atoms with Crippen LogP contribution in [0.25, 0.3) is 0 Å². The minimum Gasteiger partial charge on any atom is -0.351 e. The summed E-state index contributed by atoms with van der Waals surface area (Å²) in [5.74, 6) is 0.147. The number of piperazine rings is 1. The highest BCUT2D eigenvalue weighted by molar-refractivity contribution is 5.99. The normalized spacial score (nSPS) is 15.1. The predicted octanol–water partition coefficient (Wildman–Crippen LogP) is 2.67. The first-order chi connectivity index (χ1) is 12.5. The lowest BCUT2D eigenvalue weighted by Crippen LogP contribution is -2.51. The zero-order chi connectivity index (χ0) is 18.7. The first kappa shape index (κ1) is 18.2. The van der Waals surface area contributed by atoms with E-state index in [1.54, 1.807) is 4.90 Å². The Morgan fingerprint density at radius 1 is 1.04 bits per heavy atom. The number of carbonyl (C=O) groups excluding carboxylic acids is 2. The third kappa shape index (κ3) is 3.96. The van der Waals surface area contributed by atoms with Crippen molar-refractivity contribution in [1.82, 2.24) is 14.4 Å². The maximum absolute atomic E-state index is 12.6. The predicted molar refractivity (Wildman–Crippen MR) is 103 cm³/mol. The van der Waals surface area contributed by atoms with Gasteiger partial charge in [0.25, 0.3) is 0 Å². The van der Waals surface area contributed by atoms with Crippen LogP contribution in [0.2, 0.25) is 0 Å². The summed E-state index contributed by atoms with van der Waals surface area (Å²) in [4.78, 5) is 28.9. The van der Waals surface area contributed by atoms with E-state index in [1.165, 1.54) is 0 Å². The fourth-order valence-corrected chi connectivity index (χ4v) is 3.26. The second-order valence-corrected chi connectivity index (χ2v) is 6.83. The second kappa shape index (κ2) is 7.74. The average Bonchev–Trinajstić information content (AvgIpc) is 2.90. The van der Waals surface area contributed by atoms with E-state index >= 15 is 0 Å². The molecule has 1 saturated heterocycles. The highest BCUT2D eigenvalue weighted by Gasteiger charge is 2.24. The SMILES string of the molecule is Cc1cc(C(=O)CN2CCN(C(=O)Nc3ccccc3)CC2)c(C)n1C. The number of Topliss-reactive ketones (excluding diaryl/α,β-unsaturated/α-hetero) is 1. The van der Waals surface area contributed by atoms with Crippen LogP contribution in [0, 0.1) is 13.8 Å². The summed E-state index contributed by atoms with van der Waals surface area (Å²) in [5, 5.41) is 2.91. The van der Waals surface area contributed by atoms with E-state index in [9.17, 15) is 9.59 Å². The van der Waals surface area contributed by atoms with Crippen molar-refractivity contribution >= 4 is 17.5 Å². The van der Waals surface area contributed by atoms with E-state index in [-0.39, 0.29) is 11.8 Å². The summed E-state index contributed by atoms with van der Waals surface area (Å²) in [6.45, 7) is 7.05. The van der Waals surface area contributed by atoms with Crippen molar-refractivity contribution in [3.63, 3.8) is 0 Å². The number of para-hydroxylation sites is 1. The van der Waals surface area contributed by atoms with Gasteiger partial charge in [-0.15, -0.1) is 0 Å². The summed E-state index contributed by atoms with van der Waals surface area (Å²) >= 11 is 0. The number of hydrogen-bond acceptors (Lipinski definition) is 3. The molecule has 3 rings (SSSR count). The summed E-state index contributed by atoms with van der Waals surface area (Å²) in [7, 11) is 1.98. The fraction of sp³-hybridized carbons (Fsp3) is 0.400. The first-order valence-corrected chi connectivity index (χ1v) is 8.95. The van der Waals surface area contributed by atoms with Crippen molar-refractivity contribution in [3.8, 4) is 0 Å². The van der Waals surface area contributed by atoms with Crippen molar-refractivity contribution in [2.45, 2.75) is 13.8 Å². The maximum atomic E-state index is 12.6. The van der Waals surface area contributed by atoms with Crippen LogP contribution in [0.3, 0.4) is 0 Å². The first-order valence-electron chi connectivity index (χ1n) is 8.95.